The van der Waals surface area contributed by atoms with Gasteiger partial charge in [-0.15, -0.1) is 11.3 Å². The van der Waals surface area contributed by atoms with Gasteiger partial charge in [0.2, 0.25) is 0 Å². The molecule has 1 aliphatic heterocycles. The molecule has 0 aliphatic carbocycles. The van der Waals surface area contributed by atoms with Gasteiger partial charge in [-0.3, -0.25) is 9.48 Å². The molecule has 1 unspecified atom stereocenters. The number of hydrogen-bond donors (Lipinski definition) is 1. The molecule has 34 heavy (non-hydrogen) atoms. The number of carbonyl (C=O) groups excluding carboxylic acids is 1. The zero-order valence-electron chi connectivity index (χ0n) is 23.0. The van der Waals surface area contributed by atoms with E-state index in [9.17, 15) is 4.79 Å². The second-order valence-electron chi connectivity index (χ2n) is 10.0. The zero-order valence-corrected chi connectivity index (χ0v) is 24.7. The first-order chi connectivity index (χ1) is 16.0. The van der Waals surface area contributed by atoms with Crippen LogP contribution in [0.25, 0.3) is 0 Å². The number of carbonyl (C=O) groups is 1. The van der Waals surface area contributed by atoms with Gasteiger partial charge in [-0.2, -0.15) is 5.10 Å². The number of Topliss-reactive ketones (excluding diaryl/α,β-unsaturated/α-hetero) is 1. The summed E-state index contributed by atoms with van der Waals surface area (Å²) in [6.45, 7) is 17.1. The van der Waals surface area contributed by atoms with E-state index in [4.69, 9.17) is 0 Å². The van der Waals surface area contributed by atoms with Crippen LogP contribution in [0.4, 0.5) is 5.69 Å². The van der Waals surface area contributed by atoms with Gasteiger partial charge < -0.3 is 9.21 Å². The van der Waals surface area contributed by atoms with E-state index in [1.165, 1.54) is 47.5 Å². The first-order valence-electron chi connectivity index (χ1n) is 12.8. The summed E-state index contributed by atoms with van der Waals surface area (Å²) in [6.07, 6.45) is 9.56. The molecule has 0 saturated carbocycles. The minimum absolute atomic E-state index is 0.255. The van der Waals surface area contributed by atoms with E-state index in [1.54, 1.807) is 6.92 Å². The summed E-state index contributed by atoms with van der Waals surface area (Å²) in [6, 6.07) is 2.71. The van der Waals surface area contributed by atoms with E-state index in [0.717, 1.165) is 12.2 Å². The van der Waals surface area contributed by atoms with Crippen molar-refractivity contribution in [2.24, 2.45) is 7.05 Å². The van der Waals surface area contributed by atoms with Crippen LogP contribution in [-0.2, 0) is 18.3 Å². The maximum atomic E-state index is 11.2. The van der Waals surface area contributed by atoms with E-state index in [2.05, 4.69) is 77.5 Å². The molecule has 1 fully saturated rings. The quantitative estimate of drug-likeness (QED) is 0.405. The molecule has 1 atom stereocenters. The molecule has 2 aromatic rings. The van der Waals surface area contributed by atoms with E-state index in [0.29, 0.717) is 24.3 Å². The topological polar surface area (TPSA) is 41.4 Å². The lowest BCUT2D eigenvalue weighted by Gasteiger charge is -2.35. The Morgan fingerprint density at radius 2 is 1.85 bits per heavy atom. The van der Waals surface area contributed by atoms with Crippen molar-refractivity contribution in [1.29, 1.82) is 0 Å². The molecule has 0 amide bonds. The van der Waals surface area contributed by atoms with Crippen LogP contribution in [0, 0.1) is 0 Å². The number of unbranched alkanes of at least 4 members (excludes halogenated alkanes) is 1. The normalized spacial score (nSPS) is 16.1. The summed E-state index contributed by atoms with van der Waals surface area (Å²) in [5.41, 5.74) is 2.33. The third kappa shape index (κ3) is 10.5. The smallest absolute Gasteiger partial charge is 0.134 e. The Bertz CT molecular complexity index is 842. The maximum absolute atomic E-state index is 11.2. The fourth-order valence-electron chi connectivity index (χ4n) is 3.72. The highest BCUT2D eigenvalue weighted by Crippen LogP contribution is 2.33. The van der Waals surface area contributed by atoms with Crippen LogP contribution >= 0.6 is 24.2 Å². The Labute approximate surface area is 218 Å². The predicted molar refractivity (Wildman–Crippen MR) is 153 cm³/mol. The molecule has 0 spiro atoms. The molecule has 3 rings (SSSR count). The Morgan fingerprint density at radius 1 is 1.21 bits per heavy atom. The van der Waals surface area contributed by atoms with Crippen LogP contribution < -0.4 is 4.31 Å². The summed E-state index contributed by atoms with van der Waals surface area (Å²) in [4.78, 5) is 16.3. The Hall–Kier alpha value is -1.31. The highest BCUT2D eigenvalue weighted by molar-refractivity contribution is 7.81. The molecule has 1 saturated heterocycles. The predicted octanol–water partition coefficient (Wildman–Crippen LogP) is 7.10. The summed E-state index contributed by atoms with van der Waals surface area (Å²) < 4.78 is 3.85. The number of piperidine rings is 1. The first-order valence-corrected chi connectivity index (χ1v) is 14.0. The Balaban J connectivity index is 0.000000294. The molecule has 2 aromatic heterocycles. The van der Waals surface area contributed by atoms with Crippen LogP contribution in [-0.4, -0.2) is 46.6 Å². The van der Waals surface area contributed by atoms with Gasteiger partial charge in [0.1, 0.15) is 5.78 Å². The Kier molecular flexibility index (Phi) is 14.1. The number of rotatable bonds is 7. The lowest BCUT2D eigenvalue weighted by molar-refractivity contribution is -0.116. The summed E-state index contributed by atoms with van der Waals surface area (Å²) >= 11 is 6.44. The second kappa shape index (κ2) is 15.6. The number of likely N-dealkylation sites (tertiary alicyclic amines) is 1. The van der Waals surface area contributed by atoms with Crippen LogP contribution in [0.15, 0.2) is 18.5 Å². The molecule has 0 radical (unpaired) electrons. The Morgan fingerprint density at radius 3 is 2.29 bits per heavy atom. The SMILES string of the molecule is CC(=O)Cc1cc(C(C)C)sc1C(C)C.CCCC.CN1CCCC(N(S)c2cnn(C)c2)C1. The van der Waals surface area contributed by atoms with E-state index >= 15 is 0 Å². The number of aromatic nitrogens is 2. The summed E-state index contributed by atoms with van der Waals surface area (Å²) in [5, 5.41) is 4.16. The van der Waals surface area contributed by atoms with Gasteiger partial charge >= 0.3 is 0 Å². The van der Waals surface area contributed by atoms with Crippen molar-refractivity contribution in [3.05, 3.63) is 33.8 Å². The minimum atomic E-state index is 0.255. The molecule has 0 bridgehead atoms. The van der Waals surface area contributed by atoms with E-state index in [-0.39, 0.29) is 5.78 Å². The second-order valence-corrected chi connectivity index (χ2v) is 11.5. The van der Waals surface area contributed by atoms with Crippen molar-refractivity contribution in [3.63, 3.8) is 0 Å². The van der Waals surface area contributed by atoms with E-state index < -0.39 is 0 Å². The van der Waals surface area contributed by atoms with Gasteiger partial charge in [0.25, 0.3) is 0 Å². The van der Waals surface area contributed by atoms with Crippen molar-refractivity contribution in [2.75, 3.05) is 24.4 Å². The molecule has 7 heteroatoms. The number of ketones is 1. The van der Waals surface area contributed by atoms with Gasteiger partial charge in [-0.25, -0.2) is 0 Å². The van der Waals surface area contributed by atoms with Gasteiger partial charge in [0, 0.05) is 36.0 Å². The average Bonchev–Trinajstić information content (AvgIpc) is 3.40. The van der Waals surface area contributed by atoms with Crippen LogP contribution in [0.1, 0.15) is 101 Å². The number of anilines is 1. The van der Waals surface area contributed by atoms with E-state index in [1.807, 2.05) is 39.8 Å². The van der Waals surface area contributed by atoms with Crippen molar-refractivity contribution >= 4 is 35.6 Å². The monoisotopic (exact) mass is 508 g/mol. The summed E-state index contributed by atoms with van der Waals surface area (Å²) in [7, 11) is 4.09. The van der Waals surface area contributed by atoms with Crippen molar-refractivity contribution < 1.29 is 4.79 Å². The molecule has 0 N–H and O–H groups in total. The standard InChI is InChI=1S/C13H20OS.C10H18N4S.C4H10/c1-8(2)12-7-11(6-10(5)14)13(15-12)9(3)4;1-12-5-3-4-9(7-12)14(15)10-6-11-13(2)8-10;1-3-4-2/h7-9H,6H2,1-5H3;6,8-9,15H,3-5,7H2,1-2H3;3-4H2,1-2H3. The van der Waals surface area contributed by atoms with Gasteiger partial charge in [0.05, 0.1) is 17.9 Å². The number of thiol groups is 1. The largest absolute Gasteiger partial charge is 0.311 e. The first kappa shape index (κ1) is 30.7. The highest BCUT2D eigenvalue weighted by atomic mass is 32.1. The van der Waals surface area contributed by atoms with Crippen molar-refractivity contribution in [1.82, 2.24) is 14.7 Å². The third-order valence-electron chi connectivity index (χ3n) is 5.79. The molecule has 0 aromatic carbocycles. The van der Waals surface area contributed by atoms with Gasteiger partial charge in [0.15, 0.2) is 0 Å². The lowest BCUT2D eigenvalue weighted by Crippen LogP contribution is -2.42. The van der Waals surface area contributed by atoms with Crippen LogP contribution in [0.5, 0.6) is 0 Å². The third-order valence-corrected chi connectivity index (χ3v) is 8.13. The minimum Gasteiger partial charge on any atom is -0.311 e. The molecule has 194 valence electrons. The number of nitrogens with zero attached hydrogens (tertiary/aromatic N) is 4. The molecular weight excluding hydrogens is 460 g/mol. The number of aryl methyl sites for hydroxylation is 1. The average molecular weight is 509 g/mol. The molecular formula is C27H48N4OS2. The molecule has 1 aliphatic rings. The number of likely N-dealkylation sites (N-methyl/N-ethyl adjacent to an activating group) is 1. The maximum Gasteiger partial charge on any atom is 0.134 e. The highest BCUT2D eigenvalue weighted by Gasteiger charge is 2.22. The van der Waals surface area contributed by atoms with Crippen molar-refractivity contribution in [2.45, 2.75) is 98.4 Å². The lowest BCUT2D eigenvalue weighted by atomic mass is 10.0. The van der Waals surface area contributed by atoms with Gasteiger partial charge in [-0.05, 0) is 56.8 Å². The van der Waals surface area contributed by atoms with Crippen molar-refractivity contribution in [3.8, 4) is 0 Å². The number of hydrogen-bond acceptors (Lipinski definition) is 6. The van der Waals surface area contributed by atoms with Crippen LogP contribution in [0.3, 0.4) is 0 Å². The zero-order chi connectivity index (χ0) is 25.8. The molecule has 3 heterocycles. The van der Waals surface area contributed by atoms with Gasteiger partial charge in [-0.1, -0.05) is 67.2 Å². The molecule has 5 nitrogen and oxygen atoms in total. The fourth-order valence-corrected chi connectivity index (χ4v) is 5.20. The fraction of sp³-hybridized carbons (Fsp3) is 0.704. The summed E-state index contributed by atoms with van der Waals surface area (Å²) in [5.74, 6) is 1.34. The van der Waals surface area contributed by atoms with Crippen LogP contribution in [0.2, 0.25) is 0 Å². The number of thiophene rings is 1.